The first-order chi connectivity index (χ1) is 11.3. The summed E-state index contributed by atoms with van der Waals surface area (Å²) in [5, 5.41) is 10.1. The van der Waals surface area contributed by atoms with Crippen molar-refractivity contribution in [1.29, 1.82) is 0 Å². The van der Waals surface area contributed by atoms with Gasteiger partial charge in [-0.1, -0.05) is 12.1 Å². The van der Waals surface area contributed by atoms with Gasteiger partial charge in [-0.25, -0.2) is 0 Å². The second kappa shape index (κ2) is 6.54. The van der Waals surface area contributed by atoms with Gasteiger partial charge in [-0.15, -0.1) is 13.2 Å². The third-order valence-electron chi connectivity index (χ3n) is 5.35. The molecule has 1 aromatic rings. The molecule has 2 atom stereocenters. The molecule has 1 aromatic carbocycles. The van der Waals surface area contributed by atoms with E-state index in [0.29, 0.717) is 13.0 Å². The van der Waals surface area contributed by atoms with Crippen LogP contribution in [0.2, 0.25) is 0 Å². The molecule has 3 rings (SSSR count). The highest BCUT2D eigenvalue weighted by Gasteiger charge is 2.55. The lowest BCUT2D eigenvalue weighted by molar-refractivity contribution is -0.274. The lowest BCUT2D eigenvalue weighted by Crippen LogP contribution is -2.61. The summed E-state index contributed by atoms with van der Waals surface area (Å²) in [5.41, 5.74) is 0.636. The fourth-order valence-electron chi connectivity index (χ4n) is 3.94. The quantitative estimate of drug-likeness (QED) is 0.911. The van der Waals surface area contributed by atoms with Gasteiger partial charge in [0.25, 0.3) is 0 Å². The van der Waals surface area contributed by atoms with Gasteiger partial charge in [0, 0.05) is 25.5 Å². The Balaban J connectivity index is 1.58. The zero-order valence-electron chi connectivity index (χ0n) is 13.6. The number of benzene rings is 1. The number of methoxy groups -OCH3 is 1. The number of ether oxygens (including phenoxy) is 2. The van der Waals surface area contributed by atoms with E-state index < -0.39 is 6.36 Å². The van der Waals surface area contributed by atoms with Gasteiger partial charge in [0.05, 0.1) is 12.2 Å². The van der Waals surface area contributed by atoms with Crippen molar-refractivity contribution in [3.05, 3.63) is 29.8 Å². The van der Waals surface area contributed by atoms with Crippen LogP contribution >= 0.6 is 0 Å². The van der Waals surface area contributed by atoms with Crippen LogP contribution < -0.4 is 4.74 Å². The summed E-state index contributed by atoms with van der Waals surface area (Å²) in [7, 11) is 1.68. The van der Waals surface area contributed by atoms with Gasteiger partial charge in [0.2, 0.25) is 0 Å². The molecule has 134 valence electrons. The third-order valence-corrected chi connectivity index (χ3v) is 5.35. The van der Waals surface area contributed by atoms with Crippen molar-refractivity contribution in [3.63, 3.8) is 0 Å². The van der Waals surface area contributed by atoms with Gasteiger partial charge in [0.1, 0.15) is 5.75 Å². The number of piperidine rings is 1. The van der Waals surface area contributed by atoms with Crippen LogP contribution in [-0.4, -0.2) is 48.8 Å². The minimum Gasteiger partial charge on any atom is -0.406 e. The molecule has 1 aliphatic carbocycles. The van der Waals surface area contributed by atoms with E-state index in [0.717, 1.165) is 31.5 Å². The van der Waals surface area contributed by atoms with E-state index in [1.807, 2.05) is 0 Å². The van der Waals surface area contributed by atoms with Gasteiger partial charge >= 0.3 is 6.36 Å². The van der Waals surface area contributed by atoms with Gasteiger partial charge in [-0.05, 0) is 43.6 Å². The van der Waals surface area contributed by atoms with Crippen LogP contribution in [0.5, 0.6) is 5.75 Å². The van der Waals surface area contributed by atoms with Crippen molar-refractivity contribution in [2.24, 2.45) is 5.41 Å². The van der Waals surface area contributed by atoms with E-state index in [1.54, 1.807) is 19.2 Å². The molecule has 0 bridgehead atoms. The fourth-order valence-corrected chi connectivity index (χ4v) is 3.94. The zero-order chi connectivity index (χ0) is 17.4. The highest BCUT2D eigenvalue weighted by Crippen LogP contribution is 2.50. The molecule has 2 fully saturated rings. The molecule has 1 heterocycles. The van der Waals surface area contributed by atoms with E-state index in [4.69, 9.17) is 4.74 Å². The van der Waals surface area contributed by atoms with Crippen molar-refractivity contribution in [3.8, 4) is 5.75 Å². The molecular formula is C17H22F3NO3. The lowest BCUT2D eigenvalue weighted by Gasteiger charge is -2.56. The maximum Gasteiger partial charge on any atom is 0.573 e. The maximum absolute atomic E-state index is 12.3. The van der Waals surface area contributed by atoms with Crippen LogP contribution in [0.1, 0.15) is 24.8 Å². The summed E-state index contributed by atoms with van der Waals surface area (Å²) < 4.78 is 46.3. The Bertz CT molecular complexity index is 570. The summed E-state index contributed by atoms with van der Waals surface area (Å²) in [6, 6.07) is 6.09. The van der Waals surface area contributed by atoms with E-state index >= 15 is 0 Å². The molecule has 1 saturated heterocycles. The summed E-state index contributed by atoms with van der Waals surface area (Å²) >= 11 is 0. The predicted molar refractivity (Wildman–Crippen MR) is 81.5 cm³/mol. The molecular weight excluding hydrogens is 323 g/mol. The first kappa shape index (κ1) is 17.5. The number of hydrogen-bond acceptors (Lipinski definition) is 4. The van der Waals surface area contributed by atoms with Gasteiger partial charge < -0.3 is 14.6 Å². The Morgan fingerprint density at radius 3 is 2.58 bits per heavy atom. The molecule has 7 heteroatoms. The van der Waals surface area contributed by atoms with Crippen molar-refractivity contribution >= 4 is 0 Å². The topological polar surface area (TPSA) is 41.9 Å². The van der Waals surface area contributed by atoms with E-state index in [1.165, 1.54) is 12.1 Å². The van der Waals surface area contributed by atoms with Gasteiger partial charge in [0.15, 0.2) is 0 Å². The zero-order valence-corrected chi connectivity index (χ0v) is 13.6. The minimum atomic E-state index is -4.67. The van der Waals surface area contributed by atoms with Crippen molar-refractivity contribution < 1.29 is 27.8 Å². The van der Waals surface area contributed by atoms with Crippen LogP contribution in [0, 0.1) is 5.41 Å². The van der Waals surface area contributed by atoms with Crippen molar-refractivity contribution in [2.45, 2.75) is 44.4 Å². The first-order valence-electron chi connectivity index (χ1n) is 8.10. The number of aliphatic hydroxyl groups excluding tert-OH is 1. The molecule has 0 amide bonds. The average molecular weight is 345 g/mol. The second-order valence-corrected chi connectivity index (χ2v) is 6.68. The van der Waals surface area contributed by atoms with Crippen molar-refractivity contribution in [2.75, 3.05) is 20.2 Å². The predicted octanol–water partition coefficient (Wildman–Crippen LogP) is 2.95. The number of alkyl halides is 3. The molecule has 4 nitrogen and oxygen atoms in total. The van der Waals surface area contributed by atoms with Crippen LogP contribution in [0.3, 0.4) is 0 Å². The van der Waals surface area contributed by atoms with Crippen LogP contribution in [0.25, 0.3) is 0 Å². The number of aliphatic hydroxyl groups is 1. The average Bonchev–Trinajstić information content (AvgIpc) is 2.52. The summed E-state index contributed by atoms with van der Waals surface area (Å²) in [6.07, 6.45) is -2.51. The SMILES string of the molecule is CO[C@H]1C[C@@H](O)C12CCN(Cc1cccc(OC(F)(F)F)c1)CC2. The minimum absolute atomic E-state index is 0.109. The Hall–Kier alpha value is -1.31. The molecule has 1 spiro atoms. The van der Waals surface area contributed by atoms with Gasteiger partial charge in [-0.3, -0.25) is 4.90 Å². The van der Waals surface area contributed by atoms with Crippen molar-refractivity contribution in [1.82, 2.24) is 4.90 Å². The Morgan fingerprint density at radius 1 is 1.29 bits per heavy atom. The molecule has 1 aliphatic heterocycles. The molecule has 1 N–H and O–H groups in total. The molecule has 0 radical (unpaired) electrons. The monoisotopic (exact) mass is 345 g/mol. The molecule has 1 saturated carbocycles. The highest BCUT2D eigenvalue weighted by molar-refractivity contribution is 5.28. The highest BCUT2D eigenvalue weighted by atomic mass is 19.4. The van der Waals surface area contributed by atoms with E-state index in [9.17, 15) is 18.3 Å². The number of rotatable bonds is 4. The fraction of sp³-hybridized carbons (Fsp3) is 0.647. The number of hydrogen-bond donors (Lipinski definition) is 1. The molecule has 24 heavy (non-hydrogen) atoms. The standard InChI is InChI=1S/C17H22F3NO3/c1-23-15-10-14(22)16(15)5-7-21(8-6-16)11-12-3-2-4-13(9-12)24-17(18,19)20/h2-4,9,14-15,22H,5-8,10-11H2,1H3/t14-,15+/m1/s1. The van der Waals surface area contributed by atoms with Crippen LogP contribution in [0.4, 0.5) is 13.2 Å². The normalized spacial score (nSPS) is 27.0. The lowest BCUT2D eigenvalue weighted by atomic mass is 9.58. The van der Waals surface area contributed by atoms with Gasteiger partial charge in [-0.2, -0.15) is 0 Å². The summed E-state index contributed by atoms with van der Waals surface area (Å²) in [4.78, 5) is 2.19. The van der Waals surface area contributed by atoms with E-state index in [-0.39, 0.29) is 23.4 Å². The summed E-state index contributed by atoms with van der Waals surface area (Å²) in [5.74, 6) is -0.192. The second-order valence-electron chi connectivity index (χ2n) is 6.68. The molecule has 0 unspecified atom stereocenters. The molecule has 2 aliphatic rings. The van der Waals surface area contributed by atoms with Crippen LogP contribution in [0.15, 0.2) is 24.3 Å². The first-order valence-corrected chi connectivity index (χ1v) is 8.10. The Morgan fingerprint density at radius 2 is 2.00 bits per heavy atom. The smallest absolute Gasteiger partial charge is 0.406 e. The summed E-state index contributed by atoms with van der Waals surface area (Å²) in [6.45, 7) is 2.15. The van der Waals surface area contributed by atoms with E-state index in [2.05, 4.69) is 9.64 Å². The molecule has 0 aromatic heterocycles. The number of likely N-dealkylation sites (tertiary alicyclic amines) is 1. The number of halogens is 3. The Labute approximate surface area is 139 Å². The maximum atomic E-state index is 12.3. The third kappa shape index (κ3) is 3.53. The Kier molecular flexibility index (Phi) is 4.77. The largest absolute Gasteiger partial charge is 0.573 e. The van der Waals surface area contributed by atoms with Crippen LogP contribution in [-0.2, 0) is 11.3 Å². The number of nitrogens with zero attached hydrogens (tertiary/aromatic N) is 1.